The van der Waals surface area contributed by atoms with E-state index < -0.39 is 0 Å². The maximum Gasteiger partial charge on any atom is 0.234 e. The Kier molecular flexibility index (Phi) is 4.92. The van der Waals surface area contributed by atoms with Crippen LogP contribution in [0, 0.1) is 6.92 Å². The van der Waals surface area contributed by atoms with E-state index in [-0.39, 0.29) is 5.91 Å². The van der Waals surface area contributed by atoms with E-state index in [4.69, 9.17) is 0 Å². The second-order valence-electron chi connectivity index (χ2n) is 3.92. The molecule has 6 nitrogen and oxygen atoms in total. The van der Waals surface area contributed by atoms with E-state index in [9.17, 15) is 4.79 Å². The Morgan fingerprint density at radius 1 is 1.53 bits per heavy atom. The average molecular weight is 297 g/mol. The highest BCUT2D eigenvalue weighted by molar-refractivity contribution is 7.99. The molecular formula is C11H15N5OS2. The third-order valence-corrected chi connectivity index (χ3v) is 4.06. The second-order valence-corrected chi connectivity index (χ2v) is 5.44. The summed E-state index contributed by atoms with van der Waals surface area (Å²) in [5.74, 6) is 1.08. The molecule has 19 heavy (non-hydrogen) atoms. The van der Waals surface area contributed by atoms with E-state index in [1.54, 1.807) is 10.9 Å². The summed E-state index contributed by atoms with van der Waals surface area (Å²) in [4.78, 5) is 11.7. The van der Waals surface area contributed by atoms with Crippen molar-refractivity contribution in [3.05, 3.63) is 23.8 Å². The fourth-order valence-corrected chi connectivity index (χ4v) is 2.89. The van der Waals surface area contributed by atoms with Gasteiger partial charge in [-0.15, -0.1) is 11.8 Å². The highest BCUT2D eigenvalue weighted by Crippen LogP contribution is 2.14. The van der Waals surface area contributed by atoms with Gasteiger partial charge >= 0.3 is 0 Å². The predicted octanol–water partition coefficient (Wildman–Crippen LogP) is 1.93. The topological polar surface area (TPSA) is 72.7 Å². The molecule has 1 N–H and O–H groups in total. The van der Waals surface area contributed by atoms with Gasteiger partial charge in [0.2, 0.25) is 5.91 Å². The number of aromatic nitrogens is 4. The molecule has 2 rings (SSSR count). The van der Waals surface area contributed by atoms with Crippen LogP contribution in [0.1, 0.15) is 18.3 Å². The number of anilines is 1. The smallest absolute Gasteiger partial charge is 0.234 e. The van der Waals surface area contributed by atoms with Gasteiger partial charge in [-0.3, -0.25) is 9.48 Å². The molecule has 1 amide bonds. The van der Waals surface area contributed by atoms with Crippen LogP contribution in [0.15, 0.2) is 12.4 Å². The van der Waals surface area contributed by atoms with E-state index in [2.05, 4.69) is 19.2 Å². The van der Waals surface area contributed by atoms with E-state index in [1.165, 1.54) is 23.5 Å². The number of nitrogens with one attached hydrogen (secondary N) is 1. The maximum atomic E-state index is 11.7. The Morgan fingerprint density at radius 2 is 2.37 bits per heavy atom. The van der Waals surface area contributed by atoms with Crippen molar-refractivity contribution in [1.29, 1.82) is 0 Å². The molecule has 0 unspecified atom stereocenters. The van der Waals surface area contributed by atoms with E-state index in [0.717, 1.165) is 23.6 Å². The van der Waals surface area contributed by atoms with Crippen LogP contribution in [0.3, 0.4) is 0 Å². The molecule has 0 fully saturated rings. The third-order valence-electron chi connectivity index (χ3n) is 2.46. The van der Waals surface area contributed by atoms with Crippen molar-refractivity contribution in [2.75, 3.05) is 11.1 Å². The largest absolute Gasteiger partial charge is 0.323 e. The first-order chi connectivity index (χ1) is 9.19. The zero-order valence-corrected chi connectivity index (χ0v) is 12.4. The van der Waals surface area contributed by atoms with Crippen LogP contribution in [0.2, 0.25) is 0 Å². The Bertz CT molecular complexity index is 551. The van der Waals surface area contributed by atoms with Gasteiger partial charge in [0.05, 0.1) is 40.8 Å². The molecule has 0 saturated carbocycles. The molecule has 8 heteroatoms. The van der Waals surface area contributed by atoms with Crippen molar-refractivity contribution in [2.45, 2.75) is 26.1 Å². The molecule has 0 bridgehead atoms. The van der Waals surface area contributed by atoms with Crippen molar-refractivity contribution < 1.29 is 4.79 Å². The van der Waals surface area contributed by atoms with Gasteiger partial charge in [-0.25, -0.2) is 0 Å². The van der Waals surface area contributed by atoms with E-state index in [0.29, 0.717) is 11.5 Å². The summed E-state index contributed by atoms with van der Waals surface area (Å²) in [7, 11) is 0. The predicted molar refractivity (Wildman–Crippen MR) is 77.3 cm³/mol. The Labute approximate surface area is 119 Å². The Morgan fingerprint density at radius 3 is 3.00 bits per heavy atom. The van der Waals surface area contributed by atoms with Crippen LogP contribution >= 0.6 is 23.5 Å². The monoisotopic (exact) mass is 297 g/mol. The molecule has 2 aromatic rings. The lowest BCUT2D eigenvalue weighted by atomic mass is 10.4. The van der Waals surface area contributed by atoms with Crippen LogP contribution in [-0.4, -0.2) is 30.2 Å². The first kappa shape index (κ1) is 14.0. The van der Waals surface area contributed by atoms with Gasteiger partial charge in [0.25, 0.3) is 0 Å². The lowest BCUT2D eigenvalue weighted by Gasteiger charge is -2.01. The van der Waals surface area contributed by atoms with Crippen LogP contribution < -0.4 is 5.32 Å². The summed E-state index contributed by atoms with van der Waals surface area (Å²) < 4.78 is 10.0. The Balaban J connectivity index is 1.74. The molecule has 0 saturated heterocycles. The van der Waals surface area contributed by atoms with Gasteiger partial charge in [0, 0.05) is 18.5 Å². The number of thioether (sulfide) groups is 1. The highest BCUT2D eigenvalue weighted by Gasteiger charge is 2.07. The van der Waals surface area contributed by atoms with Gasteiger partial charge < -0.3 is 5.32 Å². The fourth-order valence-electron chi connectivity index (χ4n) is 1.42. The van der Waals surface area contributed by atoms with Crippen LogP contribution in [-0.2, 0) is 17.1 Å². The minimum Gasteiger partial charge on any atom is -0.323 e. The number of hydrogen-bond donors (Lipinski definition) is 1. The van der Waals surface area contributed by atoms with E-state index in [1.807, 2.05) is 20.0 Å². The summed E-state index contributed by atoms with van der Waals surface area (Å²) in [5.41, 5.74) is 2.64. The number of hydrogen-bond acceptors (Lipinski definition) is 6. The number of carbonyl (C=O) groups is 1. The summed E-state index contributed by atoms with van der Waals surface area (Å²) >= 11 is 2.74. The maximum absolute atomic E-state index is 11.7. The number of rotatable bonds is 6. The lowest BCUT2D eigenvalue weighted by Crippen LogP contribution is -2.13. The summed E-state index contributed by atoms with van der Waals surface area (Å²) in [6, 6.07) is 0. The van der Waals surface area contributed by atoms with Gasteiger partial charge in [-0.1, -0.05) is 0 Å². The minimum absolute atomic E-state index is 0.0264. The molecule has 2 aromatic heterocycles. The molecule has 0 aliphatic carbocycles. The standard InChI is InChI=1S/C11H15N5OS2/c1-3-16-5-9(4-12-16)13-11(17)7-18-6-10-8(2)14-19-15-10/h4-5H,3,6-7H2,1-2H3,(H,13,17). The first-order valence-corrected chi connectivity index (χ1v) is 7.75. The minimum atomic E-state index is -0.0264. The summed E-state index contributed by atoms with van der Waals surface area (Å²) in [6.45, 7) is 4.72. The van der Waals surface area contributed by atoms with Gasteiger partial charge in [0.15, 0.2) is 0 Å². The summed E-state index contributed by atoms with van der Waals surface area (Å²) in [6.07, 6.45) is 3.47. The number of nitrogens with zero attached hydrogens (tertiary/aromatic N) is 4. The molecular weight excluding hydrogens is 282 g/mol. The van der Waals surface area contributed by atoms with Crippen LogP contribution in [0.25, 0.3) is 0 Å². The molecule has 0 aromatic carbocycles. The Hall–Kier alpha value is -1.41. The highest BCUT2D eigenvalue weighted by atomic mass is 32.2. The normalized spacial score (nSPS) is 10.6. The molecule has 0 spiro atoms. The zero-order valence-electron chi connectivity index (χ0n) is 10.8. The van der Waals surface area contributed by atoms with Crippen molar-refractivity contribution in [3.8, 4) is 0 Å². The summed E-state index contributed by atoms with van der Waals surface area (Å²) in [5, 5.41) is 6.91. The number of aryl methyl sites for hydroxylation is 2. The second kappa shape index (κ2) is 6.67. The quantitative estimate of drug-likeness (QED) is 0.882. The van der Waals surface area contributed by atoms with Crippen molar-refractivity contribution >= 4 is 35.1 Å². The van der Waals surface area contributed by atoms with Gasteiger partial charge in [0.1, 0.15) is 0 Å². The van der Waals surface area contributed by atoms with Crippen molar-refractivity contribution in [1.82, 2.24) is 18.5 Å². The molecule has 0 atom stereocenters. The zero-order chi connectivity index (χ0) is 13.7. The average Bonchev–Trinajstić information content (AvgIpc) is 2.99. The number of amides is 1. The lowest BCUT2D eigenvalue weighted by molar-refractivity contribution is -0.113. The van der Waals surface area contributed by atoms with Crippen molar-refractivity contribution in [3.63, 3.8) is 0 Å². The third kappa shape index (κ3) is 4.03. The van der Waals surface area contributed by atoms with E-state index >= 15 is 0 Å². The van der Waals surface area contributed by atoms with Crippen molar-refractivity contribution in [2.24, 2.45) is 0 Å². The molecule has 2 heterocycles. The van der Waals surface area contributed by atoms with Gasteiger partial charge in [-0.2, -0.15) is 13.8 Å². The van der Waals surface area contributed by atoms with Gasteiger partial charge in [-0.05, 0) is 13.8 Å². The first-order valence-electron chi connectivity index (χ1n) is 5.87. The molecule has 0 radical (unpaired) electrons. The van der Waals surface area contributed by atoms with Crippen LogP contribution in [0.5, 0.6) is 0 Å². The molecule has 0 aliphatic heterocycles. The fraction of sp³-hybridized carbons (Fsp3) is 0.455. The molecule has 0 aliphatic rings. The number of carbonyl (C=O) groups excluding carboxylic acids is 1. The molecule has 102 valence electrons. The van der Waals surface area contributed by atoms with Crippen LogP contribution in [0.4, 0.5) is 5.69 Å². The SMILES string of the molecule is CCn1cc(NC(=O)CSCc2nsnc2C)cn1.